The molecular weight excluding hydrogens is 412 g/mol. The molecule has 0 spiro atoms. The third kappa shape index (κ3) is 5.66. The highest BCUT2D eigenvalue weighted by Crippen LogP contribution is 2.40. The van der Waals surface area contributed by atoms with Gasteiger partial charge in [0.05, 0.1) is 21.3 Å². The first-order valence-electron chi connectivity index (χ1n) is 10.5. The number of hydrogen-bond acceptors (Lipinski definition) is 6. The molecule has 0 unspecified atom stereocenters. The van der Waals surface area contributed by atoms with Gasteiger partial charge in [0.1, 0.15) is 0 Å². The zero-order valence-corrected chi connectivity index (χ0v) is 19.8. The third-order valence-corrected chi connectivity index (χ3v) is 6.33. The molecule has 1 fully saturated rings. The molecule has 1 heterocycles. The number of carbonyl (C=O) groups is 1. The van der Waals surface area contributed by atoms with E-state index in [1.54, 1.807) is 33.1 Å². The minimum atomic E-state index is 0.101. The van der Waals surface area contributed by atoms with Crippen LogP contribution < -0.4 is 14.2 Å². The SMILES string of the molecule is COc1ccc(CN2CCN(C(=O)c3ccc(SC(C)C)cc3)CC2)c(OC)c1OC. The normalized spacial score (nSPS) is 14.6. The van der Waals surface area contributed by atoms with Gasteiger partial charge in [0.25, 0.3) is 5.91 Å². The Hall–Kier alpha value is -2.38. The number of nitrogens with zero attached hydrogens (tertiary/aromatic N) is 2. The van der Waals surface area contributed by atoms with E-state index in [-0.39, 0.29) is 5.91 Å². The van der Waals surface area contributed by atoms with Crippen molar-refractivity contribution >= 4 is 17.7 Å². The van der Waals surface area contributed by atoms with Crippen molar-refractivity contribution in [3.63, 3.8) is 0 Å². The zero-order valence-electron chi connectivity index (χ0n) is 19.0. The first-order valence-corrected chi connectivity index (χ1v) is 11.4. The van der Waals surface area contributed by atoms with Crippen LogP contribution >= 0.6 is 11.8 Å². The van der Waals surface area contributed by atoms with E-state index in [2.05, 4.69) is 18.7 Å². The highest BCUT2D eigenvalue weighted by molar-refractivity contribution is 7.99. The molecule has 168 valence electrons. The Morgan fingerprint density at radius 2 is 1.55 bits per heavy atom. The molecule has 7 heteroatoms. The van der Waals surface area contributed by atoms with Gasteiger partial charge in [0.15, 0.2) is 11.5 Å². The smallest absolute Gasteiger partial charge is 0.253 e. The third-order valence-electron chi connectivity index (χ3n) is 5.31. The van der Waals surface area contributed by atoms with E-state index in [1.807, 2.05) is 41.3 Å². The first-order chi connectivity index (χ1) is 15.0. The summed E-state index contributed by atoms with van der Waals surface area (Å²) in [6.07, 6.45) is 0. The minimum Gasteiger partial charge on any atom is -0.493 e. The summed E-state index contributed by atoms with van der Waals surface area (Å²) >= 11 is 1.80. The maximum Gasteiger partial charge on any atom is 0.253 e. The molecule has 0 aromatic heterocycles. The van der Waals surface area contributed by atoms with E-state index in [4.69, 9.17) is 14.2 Å². The Bertz CT molecular complexity index is 878. The number of benzene rings is 2. The summed E-state index contributed by atoms with van der Waals surface area (Å²) in [5.41, 5.74) is 1.79. The van der Waals surface area contributed by atoms with Crippen molar-refractivity contribution in [1.82, 2.24) is 9.80 Å². The second-order valence-corrected chi connectivity index (χ2v) is 9.40. The van der Waals surface area contributed by atoms with E-state index < -0.39 is 0 Å². The summed E-state index contributed by atoms with van der Waals surface area (Å²) in [7, 11) is 4.87. The van der Waals surface area contributed by atoms with Gasteiger partial charge < -0.3 is 19.1 Å². The van der Waals surface area contributed by atoms with Crippen molar-refractivity contribution in [2.45, 2.75) is 30.5 Å². The van der Waals surface area contributed by atoms with Gasteiger partial charge in [-0.3, -0.25) is 9.69 Å². The quantitative estimate of drug-likeness (QED) is 0.570. The van der Waals surface area contributed by atoms with Crippen LogP contribution in [0.1, 0.15) is 29.8 Å². The van der Waals surface area contributed by atoms with Crippen molar-refractivity contribution in [1.29, 1.82) is 0 Å². The molecule has 2 aromatic rings. The monoisotopic (exact) mass is 444 g/mol. The van der Waals surface area contributed by atoms with Gasteiger partial charge >= 0.3 is 0 Å². The molecule has 0 radical (unpaired) electrons. The predicted octanol–water partition coefficient (Wildman–Crippen LogP) is 4.17. The standard InChI is InChI=1S/C24H32N2O4S/c1-17(2)31-20-9-6-18(7-10-20)24(27)26-14-12-25(13-15-26)16-19-8-11-21(28-3)23(30-5)22(19)29-4/h6-11,17H,12-16H2,1-5H3. The second kappa shape index (κ2) is 10.8. The lowest BCUT2D eigenvalue weighted by molar-refractivity contribution is 0.0627. The molecule has 1 aliphatic heterocycles. The molecule has 31 heavy (non-hydrogen) atoms. The Kier molecular flexibility index (Phi) is 8.09. The summed E-state index contributed by atoms with van der Waals surface area (Å²) in [6, 6.07) is 11.9. The van der Waals surface area contributed by atoms with Crippen molar-refractivity contribution in [2.24, 2.45) is 0 Å². The number of hydrogen-bond donors (Lipinski definition) is 0. The van der Waals surface area contributed by atoms with Crippen molar-refractivity contribution < 1.29 is 19.0 Å². The Morgan fingerprint density at radius 3 is 2.10 bits per heavy atom. The highest BCUT2D eigenvalue weighted by atomic mass is 32.2. The average molecular weight is 445 g/mol. The van der Waals surface area contributed by atoms with Gasteiger partial charge in [-0.05, 0) is 30.3 Å². The van der Waals surface area contributed by atoms with E-state index in [0.29, 0.717) is 35.6 Å². The summed E-state index contributed by atoms with van der Waals surface area (Å²) in [4.78, 5) is 18.4. The molecule has 0 atom stereocenters. The molecule has 0 bridgehead atoms. The number of thioether (sulfide) groups is 1. The molecule has 1 saturated heterocycles. The molecule has 1 aliphatic rings. The number of piperazine rings is 1. The largest absolute Gasteiger partial charge is 0.493 e. The van der Waals surface area contributed by atoms with Gasteiger partial charge in [-0.2, -0.15) is 0 Å². The summed E-state index contributed by atoms with van der Waals surface area (Å²) in [5, 5.41) is 0.527. The molecule has 1 amide bonds. The lowest BCUT2D eigenvalue weighted by Gasteiger charge is -2.35. The van der Waals surface area contributed by atoms with Gasteiger partial charge in [-0.15, -0.1) is 11.8 Å². The number of methoxy groups -OCH3 is 3. The Morgan fingerprint density at radius 1 is 0.903 bits per heavy atom. The lowest BCUT2D eigenvalue weighted by Crippen LogP contribution is -2.48. The predicted molar refractivity (Wildman–Crippen MR) is 125 cm³/mol. The van der Waals surface area contributed by atoms with E-state index in [1.165, 1.54) is 4.90 Å². The van der Waals surface area contributed by atoms with Crippen molar-refractivity contribution in [2.75, 3.05) is 47.5 Å². The van der Waals surface area contributed by atoms with Crippen LogP contribution in [0.4, 0.5) is 0 Å². The van der Waals surface area contributed by atoms with Crippen LogP contribution in [0.5, 0.6) is 17.2 Å². The number of rotatable bonds is 8. The van der Waals surface area contributed by atoms with Crippen LogP contribution in [-0.2, 0) is 6.54 Å². The van der Waals surface area contributed by atoms with Crippen LogP contribution in [-0.4, -0.2) is 68.5 Å². The fraction of sp³-hybridized carbons (Fsp3) is 0.458. The molecule has 0 saturated carbocycles. The van der Waals surface area contributed by atoms with Crippen LogP contribution in [0.25, 0.3) is 0 Å². The van der Waals surface area contributed by atoms with E-state index >= 15 is 0 Å². The molecule has 6 nitrogen and oxygen atoms in total. The molecular formula is C24H32N2O4S. The zero-order chi connectivity index (χ0) is 22.4. The maximum atomic E-state index is 12.9. The van der Waals surface area contributed by atoms with Crippen LogP contribution in [0.15, 0.2) is 41.3 Å². The van der Waals surface area contributed by atoms with E-state index in [0.717, 1.165) is 30.8 Å². The molecule has 0 aliphatic carbocycles. The van der Waals surface area contributed by atoms with Crippen molar-refractivity contribution in [3.8, 4) is 17.2 Å². The summed E-state index contributed by atoms with van der Waals surface area (Å²) in [6.45, 7) is 8.09. The fourth-order valence-electron chi connectivity index (χ4n) is 3.77. The second-order valence-electron chi connectivity index (χ2n) is 7.75. The number of ether oxygens (including phenoxy) is 3. The highest BCUT2D eigenvalue weighted by Gasteiger charge is 2.24. The molecule has 3 rings (SSSR count). The lowest BCUT2D eigenvalue weighted by atomic mass is 10.1. The topological polar surface area (TPSA) is 51.2 Å². The van der Waals surface area contributed by atoms with Crippen molar-refractivity contribution in [3.05, 3.63) is 47.5 Å². The van der Waals surface area contributed by atoms with Crippen LogP contribution in [0.2, 0.25) is 0 Å². The first kappa shape index (κ1) is 23.3. The van der Waals surface area contributed by atoms with Crippen LogP contribution in [0, 0.1) is 0 Å². The molecule has 0 N–H and O–H groups in total. The minimum absolute atomic E-state index is 0.101. The Labute approximate surface area is 189 Å². The van der Waals surface area contributed by atoms with Gasteiger partial charge in [0, 0.05) is 54.0 Å². The van der Waals surface area contributed by atoms with Crippen LogP contribution in [0.3, 0.4) is 0 Å². The fourth-order valence-corrected chi connectivity index (χ4v) is 4.61. The maximum absolute atomic E-state index is 12.9. The summed E-state index contributed by atoms with van der Waals surface area (Å²) < 4.78 is 16.5. The Balaban J connectivity index is 1.60. The number of amides is 1. The molecule has 2 aromatic carbocycles. The van der Waals surface area contributed by atoms with Gasteiger partial charge in [-0.25, -0.2) is 0 Å². The average Bonchev–Trinajstić information content (AvgIpc) is 2.78. The van der Waals surface area contributed by atoms with Gasteiger partial charge in [0.2, 0.25) is 5.75 Å². The summed E-state index contributed by atoms with van der Waals surface area (Å²) in [5.74, 6) is 2.05. The van der Waals surface area contributed by atoms with E-state index in [9.17, 15) is 4.79 Å². The van der Waals surface area contributed by atoms with Gasteiger partial charge in [-0.1, -0.05) is 19.9 Å². The number of carbonyl (C=O) groups excluding carboxylic acids is 1.